The quantitative estimate of drug-likeness (QED) is 0.547. The van der Waals surface area contributed by atoms with Gasteiger partial charge in [-0.25, -0.2) is 13.2 Å². The van der Waals surface area contributed by atoms with E-state index in [9.17, 15) is 18.0 Å². The van der Waals surface area contributed by atoms with Crippen molar-refractivity contribution >= 4 is 21.8 Å². The fraction of sp³-hybridized carbons (Fsp3) is 0.333. The van der Waals surface area contributed by atoms with Gasteiger partial charge in [0.05, 0.1) is 4.90 Å². The van der Waals surface area contributed by atoms with Crippen molar-refractivity contribution < 1.29 is 23.1 Å². The number of nitrogens with two attached hydrogens (primary N) is 1. The maximum Gasteiger partial charge on any atom is 0.322 e. The molecule has 1 aromatic carbocycles. The Balaban J connectivity index is 2.45. The van der Waals surface area contributed by atoms with Gasteiger partial charge in [0, 0.05) is 19.3 Å². The predicted molar refractivity (Wildman–Crippen MR) is 75.4 cm³/mol. The molecule has 8 nitrogen and oxygen atoms in total. The number of aliphatic carboxylic acids is 1. The first-order valence-corrected chi connectivity index (χ1v) is 7.88. The molecule has 1 aromatic rings. The molecule has 0 heterocycles. The molecule has 0 aromatic heterocycles. The van der Waals surface area contributed by atoms with Gasteiger partial charge >= 0.3 is 12.0 Å². The molecule has 9 heteroatoms. The fourth-order valence-electron chi connectivity index (χ4n) is 1.39. The number of carboxylic acids is 1. The van der Waals surface area contributed by atoms with Gasteiger partial charge in [-0.1, -0.05) is 12.1 Å². The van der Waals surface area contributed by atoms with E-state index >= 15 is 0 Å². The average Bonchev–Trinajstić information content (AvgIpc) is 2.41. The molecule has 0 aliphatic heterocycles. The highest BCUT2D eigenvalue weighted by molar-refractivity contribution is 7.90. The number of benzene rings is 1. The summed E-state index contributed by atoms with van der Waals surface area (Å²) in [6.45, 7) is -0.00757. The second-order valence-corrected chi connectivity index (χ2v) is 6.44. The fourth-order valence-corrected chi connectivity index (χ4v) is 2.02. The van der Waals surface area contributed by atoms with Crippen LogP contribution in [0.1, 0.15) is 5.56 Å². The van der Waals surface area contributed by atoms with E-state index in [0.29, 0.717) is 5.56 Å². The van der Waals surface area contributed by atoms with E-state index in [-0.39, 0.29) is 18.0 Å². The SMILES string of the molecule is CS(=O)(=O)c1ccc(CNC(=O)NC[C@H](N)C(=O)O)cc1. The number of hydrogen-bond donors (Lipinski definition) is 4. The number of hydrogen-bond acceptors (Lipinski definition) is 5. The minimum absolute atomic E-state index is 0.179. The van der Waals surface area contributed by atoms with Crippen LogP contribution in [0.15, 0.2) is 29.2 Å². The molecule has 116 valence electrons. The Morgan fingerprint density at radius 1 is 1.24 bits per heavy atom. The maximum absolute atomic E-state index is 11.4. The lowest BCUT2D eigenvalue weighted by atomic mass is 10.2. The Labute approximate surface area is 122 Å². The molecule has 5 N–H and O–H groups in total. The van der Waals surface area contributed by atoms with E-state index in [1.54, 1.807) is 12.1 Å². The number of urea groups is 1. The molecule has 0 aliphatic rings. The van der Waals surface area contributed by atoms with E-state index < -0.39 is 27.9 Å². The lowest BCUT2D eigenvalue weighted by Crippen LogP contribution is -2.45. The van der Waals surface area contributed by atoms with Gasteiger partial charge < -0.3 is 21.5 Å². The molecule has 0 radical (unpaired) electrons. The number of carbonyl (C=O) groups is 2. The molecule has 1 atom stereocenters. The summed E-state index contributed by atoms with van der Waals surface area (Å²) in [5.41, 5.74) is 5.94. The first kappa shape index (κ1) is 16.9. The van der Waals surface area contributed by atoms with Gasteiger partial charge in [0.1, 0.15) is 6.04 Å². The van der Waals surface area contributed by atoms with E-state index in [1.807, 2.05) is 0 Å². The van der Waals surface area contributed by atoms with E-state index in [4.69, 9.17) is 10.8 Å². The molecule has 0 saturated heterocycles. The maximum atomic E-state index is 11.4. The van der Waals surface area contributed by atoms with E-state index in [1.165, 1.54) is 12.1 Å². The molecule has 0 saturated carbocycles. The van der Waals surface area contributed by atoms with Crippen molar-refractivity contribution in [2.75, 3.05) is 12.8 Å². The average molecular weight is 315 g/mol. The predicted octanol–water partition coefficient (Wildman–Crippen LogP) is -0.699. The lowest BCUT2D eigenvalue weighted by molar-refractivity contribution is -0.138. The zero-order valence-corrected chi connectivity index (χ0v) is 12.2. The van der Waals surface area contributed by atoms with Crippen LogP contribution in [0.4, 0.5) is 4.79 Å². The molecule has 0 aliphatic carbocycles. The highest BCUT2D eigenvalue weighted by Gasteiger charge is 2.12. The van der Waals surface area contributed by atoms with Gasteiger partial charge in [-0.3, -0.25) is 4.79 Å². The molecule has 0 fully saturated rings. The second-order valence-electron chi connectivity index (χ2n) is 4.42. The van der Waals surface area contributed by atoms with Gasteiger partial charge in [0.25, 0.3) is 0 Å². The molecule has 0 spiro atoms. The Hall–Kier alpha value is -2.13. The number of carboxylic acid groups (broad SMARTS) is 1. The van der Waals surface area contributed by atoms with Crippen molar-refractivity contribution in [3.8, 4) is 0 Å². The van der Waals surface area contributed by atoms with Crippen molar-refractivity contribution in [1.29, 1.82) is 0 Å². The Kier molecular flexibility index (Phi) is 5.68. The third-order valence-corrected chi connectivity index (χ3v) is 3.73. The van der Waals surface area contributed by atoms with Crippen LogP contribution in [-0.4, -0.2) is 44.4 Å². The number of sulfone groups is 1. The van der Waals surface area contributed by atoms with Crippen LogP contribution in [0.5, 0.6) is 0 Å². The van der Waals surface area contributed by atoms with Crippen LogP contribution < -0.4 is 16.4 Å². The third kappa shape index (κ3) is 5.79. The number of rotatable bonds is 6. The van der Waals surface area contributed by atoms with Crippen molar-refractivity contribution in [1.82, 2.24) is 10.6 Å². The van der Waals surface area contributed by atoms with Crippen LogP contribution in [0.3, 0.4) is 0 Å². The number of carbonyl (C=O) groups excluding carboxylic acids is 1. The van der Waals surface area contributed by atoms with Crippen LogP contribution >= 0.6 is 0 Å². The van der Waals surface area contributed by atoms with Crippen molar-refractivity contribution in [3.63, 3.8) is 0 Å². The van der Waals surface area contributed by atoms with Crippen LogP contribution in [-0.2, 0) is 21.2 Å². The Morgan fingerprint density at radius 2 is 1.81 bits per heavy atom. The standard InChI is InChI=1S/C12H17N3O5S/c1-21(19,20)9-4-2-8(3-5-9)6-14-12(18)15-7-10(13)11(16)17/h2-5,10H,6-7,13H2,1H3,(H,16,17)(H2,14,15,18)/t10-/m0/s1. The summed E-state index contributed by atoms with van der Waals surface area (Å²) in [4.78, 5) is 22.1. The molecular weight excluding hydrogens is 298 g/mol. The van der Waals surface area contributed by atoms with Crippen LogP contribution in [0.2, 0.25) is 0 Å². The van der Waals surface area contributed by atoms with Gasteiger partial charge in [-0.2, -0.15) is 0 Å². The minimum Gasteiger partial charge on any atom is -0.480 e. The van der Waals surface area contributed by atoms with Crippen LogP contribution in [0.25, 0.3) is 0 Å². The van der Waals surface area contributed by atoms with Gasteiger partial charge in [-0.15, -0.1) is 0 Å². The van der Waals surface area contributed by atoms with Crippen molar-refractivity contribution in [2.24, 2.45) is 5.73 Å². The zero-order chi connectivity index (χ0) is 16.0. The minimum atomic E-state index is -3.25. The first-order valence-electron chi connectivity index (χ1n) is 5.99. The van der Waals surface area contributed by atoms with Gasteiger partial charge in [0.15, 0.2) is 9.84 Å². The topological polar surface area (TPSA) is 139 Å². The van der Waals surface area contributed by atoms with Gasteiger partial charge in [0.2, 0.25) is 0 Å². The summed E-state index contributed by atoms with van der Waals surface area (Å²) in [6.07, 6.45) is 1.11. The molecule has 0 bridgehead atoms. The smallest absolute Gasteiger partial charge is 0.322 e. The Morgan fingerprint density at radius 3 is 2.29 bits per heavy atom. The summed E-state index contributed by atoms with van der Waals surface area (Å²) in [7, 11) is -3.25. The highest BCUT2D eigenvalue weighted by Crippen LogP contribution is 2.09. The van der Waals surface area contributed by atoms with Crippen molar-refractivity contribution in [2.45, 2.75) is 17.5 Å². The summed E-state index contributed by atoms with van der Waals surface area (Å²) in [5, 5.41) is 13.4. The largest absolute Gasteiger partial charge is 0.480 e. The van der Waals surface area contributed by atoms with Crippen LogP contribution in [0, 0.1) is 0 Å². The monoisotopic (exact) mass is 315 g/mol. The summed E-state index contributed by atoms with van der Waals surface area (Å²) >= 11 is 0. The number of amides is 2. The molecular formula is C12H17N3O5S. The van der Waals surface area contributed by atoms with E-state index in [0.717, 1.165) is 6.26 Å². The third-order valence-electron chi connectivity index (χ3n) is 2.60. The normalized spacial score (nSPS) is 12.5. The summed E-state index contributed by atoms with van der Waals surface area (Å²) < 4.78 is 22.5. The van der Waals surface area contributed by atoms with Crippen molar-refractivity contribution in [3.05, 3.63) is 29.8 Å². The lowest BCUT2D eigenvalue weighted by Gasteiger charge is -2.10. The summed E-state index contributed by atoms with van der Waals surface area (Å²) in [5.74, 6) is -1.20. The zero-order valence-electron chi connectivity index (χ0n) is 11.4. The highest BCUT2D eigenvalue weighted by atomic mass is 32.2. The molecule has 2 amide bonds. The molecule has 0 unspecified atom stereocenters. The Bertz CT molecular complexity index is 612. The van der Waals surface area contributed by atoms with Gasteiger partial charge in [-0.05, 0) is 17.7 Å². The second kappa shape index (κ2) is 7.04. The summed E-state index contributed by atoms with van der Waals surface area (Å²) in [6, 6.07) is 4.35. The molecule has 1 rings (SSSR count). The number of nitrogens with one attached hydrogen (secondary N) is 2. The first-order chi connectivity index (χ1) is 9.70. The van der Waals surface area contributed by atoms with E-state index in [2.05, 4.69) is 10.6 Å². The molecule has 21 heavy (non-hydrogen) atoms.